The summed E-state index contributed by atoms with van der Waals surface area (Å²) in [7, 11) is 0. The average molecular weight is 229 g/mol. The van der Waals surface area contributed by atoms with Gasteiger partial charge in [-0.15, -0.1) is 0 Å². The van der Waals surface area contributed by atoms with Crippen molar-refractivity contribution in [3.63, 3.8) is 0 Å². The number of aromatic hydroxyl groups is 1. The first-order chi connectivity index (χ1) is 8.33. The zero-order chi connectivity index (χ0) is 11.7. The molecule has 1 aliphatic rings. The van der Waals surface area contributed by atoms with E-state index < -0.39 is 0 Å². The zero-order valence-corrected chi connectivity index (χ0v) is 9.48. The normalized spacial score (nSPS) is 19.6. The molecule has 0 aliphatic carbocycles. The number of aromatic nitrogens is 2. The summed E-state index contributed by atoms with van der Waals surface area (Å²) in [5.41, 5.74) is 1.93. The maximum atomic E-state index is 9.45. The Morgan fingerprint density at radius 2 is 2.29 bits per heavy atom. The van der Waals surface area contributed by atoms with Crippen molar-refractivity contribution >= 4 is 0 Å². The van der Waals surface area contributed by atoms with E-state index in [-0.39, 0.29) is 5.75 Å². The predicted octanol–water partition coefficient (Wildman–Crippen LogP) is 1.86. The van der Waals surface area contributed by atoms with Crippen LogP contribution in [0.25, 0.3) is 11.3 Å². The van der Waals surface area contributed by atoms with Crippen molar-refractivity contribution in [1.29, 1.82) is 0 Å². The average Bonchev–Trinajstić information content (AvgIpc) is 3.00. The minimum Gasteiger partial charge on any atom is -0.508 e. The number of nitrogens with zero attached hydrogens (tertiary/aromatic N) is 1. The summed E-state index contributed by atoms with van der Waals surface area (Å²) in [5.74, 6) is 1.80. The summed E-state index contributed by atoms with van der Waals surface area (Å²) in [6.07, 6.45) is 2.97. The van der Waals surface area contributed by atoms with Gasteiger partial charge in [0.25, 0.3) is 0 Å². The fourth-order valence-electron chi connectivity index (χ4n) is 2.25. The Hall–Kier alpha value is -1.81. The van der Waals surface area contributed by atoms with Crippen molar-refractivity contribution < 1.29 is 5.11 Å². The Morgan fingerprint density at radius 1 is 1.35 bits per heavy atom. The van der Waals surface area contributed by atoms with Crippen LogP contribution in [0, 0.1) is 0 Å². The molecule has 1 unspecified atom stereocenters. The van der Waals surface area contributed by atoms with Crippen LogP contribution in [0.4, 0.5) is 0 Å². The van der Waals surface area contributed by atoms with Crippen LogP contribution >= 0.6 is 0 Å². The van der Waals surface area contributed by atoms with Crippen LogP contribution in [0.2, 0.25) is 0 Å². The van der Waals surface area contributed by atoms with E-state index in [0.29, 0.717) is 5.92 Å². The number of phenolic OH excluding ortho intramolecular Hbond substituents is 1. The second-order valence-electron chi connectivity index (χ2n) is 4.42. The third-order valence-corrected chi connectivity index (χ3v) is 3.20. The topological polar surface area (TPSA) is 60.9 Å². The van der Waals surface area contributed by atoms with Gasteiger partial charge in [0, 0.05) is 18.0 Å². The molecule has 0 saturated carbocycles. The van der Waals surface area contributed by atoms with Crippen molar-refractivity contribution in [3.8, 4) is 17.0 Å². The number of H-pyrrole nitrogens is 1. The number of hydrogen-bond acceptors (Lipinski definition) is 3. The van der Waals surface area contributed by atoms with E-state index >= 15 is 0 Å². The van der Waals surface area contributed by atoms with E-state index in [1.165, 1.54) is 0 Å². The molecule has 2 aromatic rings. The predicted molar refractivity (Wildman–Crippen MR) is 65.9 cm³/mol. The van der Waals surface area contributed by atoms with Crippen molar-refractivity contribution in [3.05, 3.63) is 36.3 Å². The van der Waals surface area contributed by atoms with Gasteiger partial charge in [-0.05, 0) is 25.1 Å². The lowest BCUT2D eigenvalue weighted by Crippen LogP contribution is -2.08. The summed E-state index contributed by atoms with van der Waals surface area (Å²) in [5, 5.41) is 12.8. The first-order valence-electron chi connectivity index (χ1n) is 5.88. The highest BCUT2D eigenvalue weighted by molar-refractivity contribution is 5.60. The summed E-state index contributed by atoms with van der Waals surface area (Å²) in [6, 6.07) is 7.21. The quantitative estimate of drug-likeness (QED) is 0.736. The summed E-state index contributed by atoms with van der Waals surface area (Å²) < 4.78 is 0. The molecule has 3 N–H and O–H groups in total. The lowest BCUT2D eigenvalue weighted by Gasteiger charge is -2.03. The SMILES string of the molecule is Oc1cccc(-c2cnc(C3CCNC3)[nH]2)c1. The van der Waals surface area contributed by atoms with Gasteiger partial charge >= 0.3 is 0 Å². The van der Waals surface area contributed by atoms with Gasteiger partial charge in [-0.2, -0.15) is 0 Å². The Labute approximate surface area is 99.7 Å². The van der Waals surface area contributed by atoms with Crippen LogP contribution in [-0.2, 0) is 0 Å². The molecular formula is C13H15N3O. The third-order valence-electron chi connectivity index (χ3n) is 3.20. The van der Waals surface area contributed by atoms with Gasteiger partial charge in [0.1, 0.15) is 11.6 Å². The molecule has 0 radical (unpaired) electrons. The van der Waals surface area contributed by atoms with Crippen LogP contribution in [0.15, 0.2) is 30.5 Å². The molecule has 1 aromatic heterocycles. The van der Waals surface area contributed by atoms with Crippen molar-refractivity contribution in [1.82, 2.24) is 15.3 Å². The van der Waals surface area contributed by atoms with Gasteiger partial charge in [0.2, 0.25) is 0 Å². The minimum absolute atomic E-state index is 0.279. The van der Waals surface area contributed by atoms with Gasteiger partial charge in [0.05, 0.1) is 11.9 Å². The van der Waals surface area contributed by atoms with Crippen LogP contribution < -0.4 is 5.32 Å². The highest BCUT2D eigenvalue weighted by Gasteiger charge is 2.19. The van der Waals surface area contributed by atoms with Crippen molar-refractivity contribution in [2.45, 2.75) is 12.3 Å². The molecule has 4 heteroatoms. The Morgan fingerprint density at radius 3 is 3.06 bits per heavy atom. The third kappa shape index (κ3) is 2.03. The van der Waals surface area contributed by atoms with E-state index in [9.17, 15) is 5.11 Å². The first-order valence-corrected chi connectivity index (χ1v) is 5.88. The highest BCUT2D eigenvalue weighted by Crippen LogP contribution is 2.25. The number of benzene rings is 1. The van der Waals surface area contributed by atoms with Crippen molar-refractivity contribution in [2.75, 3.05) is 13.1 Å². The van der Waals surface area contributed by atoms with Crippen LogP contribution in [0.3, 0.4) is 0 Å². The molecule has 1 fully saturated rings. The minimum atomic E-state index is 0.279. The molecule has 0 bridgehead atoms. The number of phenols is 1. The highest BCUT2D eigenvalue weighted by atomic mass is 16.3. The molecule has 4 nitrogen and oxygen atoms in total. The number of nitrogens with one attached hydrogen (secondary N) is 2. The van der Waals surface area contributed by atoms with Gasteiger partial charge < -0.3 is 15.4 Å². The standard InChI is InChI=1S/C13H15N3O/c17-11-3-1-2-9(6-11)12-8-15-13(16-12)10-4-5-14-7-10/h1-3,6,8,10,14,17H,4-5,7H2,(H,15,16). The summed E-state index contributed by atoms with van der Waals surface area (Å²) >= 11 is 0. The van der Waals surface area contributed by atoms with E-state index in [2.05, 4.69) is 15.3 Å². The lowest BCUT2D eigenvalue weighted by molar-refractivity contribution is 0.475. The van der Waals surface area contributed by atoms with Gasteiger partial charge in [0.15, 0.2) is 0 Å². The fraction of sp³-hybridized carbons (Fsp3) is 0.308. The molecule has 2 heterocycles. The Balaban J connectivity index is 1.89. The Kier molecular flexibility index (Phi) is 2.57. The Bertz CT molecular complexity index is 515. The van der Waals surface area contributed by atoms with Crippen LogP contribution in [0.1, 0.15) is 18.2 Å². The van der Waals surface area contributed by atoms with Gasteiger partial charge in [-0.25, -0.2) is 4.98 Å². The number of aromatic amines is 1. The molecule has 1 aromatic carbocycles. The molecule has 1 aliphatic heterocycles. The molecule has 17 heavy (non-hydrogen) atoms. The molecular weight excluding hydrogens is 214 g/mol. The van der Waals surface area contributed by atoms with Crippen molar-refractivity contribution in [2.24, 2.45) is 0 Å². The second-order valence-corrected chi connectivity index (χ2v) is 4.42. The largest absolute Gasteiger partial charge is 0.508 e. The van der Waals surface area contributed by atoms with E-state index in [1.54, 1.807) is 12.1 Å². The van der Waals surface area contributed by atoms with Gasteiger partial charge in [-0.1, -0.05) is 12.1 Å². The first kappa shape index (κ1) is 10.4. The number of rotatable bonds is 2. The van der Waals surface area contributed by atoms with Crippen LogP contribution in [0.5, 0.6) is 5.75 Å². The number of imidazole rings is 1. The molecule has 3 rings (SSSR count). The summed E-state index contributed by atoms with van der Waals surface area (Å²) in [4.78, 5) is 7.76. The fourth-order valence-corrected chi connectivity index (χ4v) is 2.25. The van der Waals surface area contributed by atoms with Crippen LogP contribution in [-0.4, -0.2) is 28.2 Å². The molecule has 1 saturated heterocycles. The molecule has 1 atom stereocenters. The molecule has 0 spiro atoms. The van der Waals surface area contributed by atoms with E-state index in [4.69, 9.17) is 0 Å². The smallest absolute Gasteiger partial charge is 0.116 e. The van der Waals surface area contributed by atoms with E-state index in [1.807, 2.05) is 18.3 Å². The molecule has 0 amide bonds. The zero-order valence-electron chi connectivity index (χ0n) is 9.48. The maximum Gasteiger partial charge on any atom is 0.116 e. The maximum absolute atomic E-state index is 9.45. The second kappa shape index (κ2) is 4.22. The number of hydrogen-bond donors (Lipinski definition) is 3. The van der Waals surface area contributed by atoms with E-state index in [0.717, 1.165) is 36.6 Å². The summed E-state index contributed by atoms with van der Waals surface area (Å²) in [6.45, 7) is 2.06. The molecule has 88 valence electrons. The monoisotopic (exact) mass is 229 g/mol. The lowest BCUT2D eigenvalue weighted by atomic mass is 10.1. The van der Waals surface area contributed by atoms with Gasteiger partial charge in [-0.3, -0.25) is 0 Å².